The van der Waals surface area contributed by atoms with Gasteiger partial charge in [0.1, 0.15) is 11.5 Å². The van der Waals surface area contributed by atoms with Crippen molar-refractivity contribution in [3.8, 4) is 22.5 Å². The Kier molecular flexibility index (Phi) is 6.18. The monoisotopic (exact) mass is 450 g/mol. The van der Waals surface area contributed by atoms with Crippen LogP contribution >= 0.6 is 0 Å². The normalized spacial score (nSPS) is 11.1. The van der Waals surface area contributed by atoms with Gasteiger partial charge in [0, 0.05) is 38.4 Å². The fraction of sp³-hybridized carbons (Fsp3) is 0.148. The molecular weight excluding hydrogens is 424 g/mol. The van der Waals surface area contributed by atoms with E-state index >= 15 is 0 Å². The number of fused-ring (bicyclic) bond motifs is 1. The largest absolute Gasteiger partial charge is 0.349 e. The first-order valence-electron chi connectivity index (χ1n) is 11.3. The van der Waals surface area contributed by atoms with Crippen LogP contribution in [0.4, 0.5) is 0 Å². The summed E-state index contributed by atoms with van der Waals surface area (Å²) >= 11 is 0. The van der Waals surface area contributed by atoms with Crippen molar-refractivity contribution in [2.24, 2.45) is 7.05 Å². The molecule has 2 aromatic heterocycles. The lowest BCUT2D eigenvalue weighted by atomic mass is 10.0. The molecule has 0 atom stereocenters. The van der Waals surface area contributed by atoms with Gasteiger partial charge in [0.05, 0.1) is 11.0 Å². The average molecular weight is 451 g/mol. The third kappa shape index (κ3) is 4.74. The molecular formula is C27H26N6O. The van der Waals surface area contributed by atoms with Crippen LogP contribution < -0.4 is 10.6 Å². The summed E-state index contributed by atoms with van der Waals surface area (Å²) in [5.41, 5.74) is 7.14. The van der Waals surface area contributed by atoms with Gasteiger partial charge in [-0.15, -0.1) is 0 Å². The predicted molar refractivity (Wildman–Crippen MR) is 134 cm³/mol. The number of amides is 1. The van der Waals surface area contributed by atoms with Crippen LogP contribution in [0, 0.1) is 0 Å². The summed E-state index contributed by atoms with van der Waals surface area (Å²) in [6, 6.07) is 26.7. The molecule has 34 heavy (non-hydrogen) atoms. The highest BCUT2D eigenvalue weighted by molar-refractivity contribution is 5.92. The number of benzene rings is 3. The molecule has 0 spiro atoms. The van der Waals surface area contributed by atoms with Crippen molar-refractivity contribution >= 4 is 16.9 Å². The molecule has 3 aromatic carbocycles. The molecule has 3 N–H and O–H groups in total. The third-order valence-electron chi connectivity index (χ3n) is 5.78. The molecule has 0 bridgehead atoms. The molecule has 0 aliphatic rings. The highest BCUT2D eigenvalue weighted by atomic mass is 16.2. The van der Waals surface area contributed by atoms with Crippen LogP contribution in [0.25, 0.3) is 33.5 Å². The van der Waals surface area contributed by atoms with Crippen LogP contribution in [0.2, 0.25) is 0 Å². The van der Waals surface area contributed by atoms with Crippen molar-refractivity contribution in [2.45, 2.75) is 6.54 Å². The quantitative estimate of drug-likeness (QED) is 0.310. The van der Waals surface area contributed by atoms with Crippen LogP contribution in [0.1, 0.15) is 16.1 Å². The van der Waals surface area contributed by atoms with Crippen molar-refractivity contribution in [3.63, 3.8) is 0 Å². The molecule has 5 aromatic rings. The van der Waals surface area contributed by atoms with E-state index in [1.807, 2.05) is 24.3 Å². The standard InChI is InChI=1S/C27H26N6O/c1-33-25(13-14-30-33)27(34)29-16-15-28-18-19-5-4-6-22(17-19)20-9-11-21(12-10-20)26-31-23-7-2-3-8-24(23)32-26/h2-14,17,28H,15-16,18H2,1H3,(H,29,34)(H,31,32). The number of H-pyrrole nitrogens is 1. The molecule has 0 aliphatic heterocycles. The molecule has 0 saturated heterocycles. The van der Waals surface area contributed by atoms with Crippen LogP contribution in [-0.4, -0.2) is 38.7 Å². The molecule has 2 heterocycles. The number of nitrogens with one attached hydrogen (secondary N) is 3. The summed E-state index contributed by atoms with van der Waals surface area (Å²) < 4.78 is 1.57. The number of aromatic nitrogens is 4. The molecule has 0 radical (unpaired) electrons. The van der Waals surface area contributed by atoms with E-state index in [-0.39, 0.29) is 5.91 Å². The van der Waals surface area contributed by atoms with Crippen molar-refractivity contribution in [1.29, 1.82) is 0 Å². The van der Waals surface area contributed by atoms with Crippen LogP contribution in [0.15, 0.2) is 85.1 Å². The zero-order valence-electron chi connectivity index (χ0n) is 19.0. The summed E-state index contributed by atoms with van der Waals surface area (Å²) in [5, 5.41) is 10.3. The van der Waals surface area contributed by atoms with Crippen molar-refractivity contribution < 1.29 is 4.79 Å². The highest BCUT2D eigenvalue weighted by Crippen LogP contribution is 2.25. The Hall–Kier alpha value is -4.23. The first kappa shape index (κ1) is 21.6. The molecule has 0 aliphatic carbocycles. The number of hydrogen-bond acceptors (Lipinski definition) is 4. The number of imidazole rings is 1. The first-order valence-corrected chi connectivity index (χ1v) is 11.3. The minimum absolute atomic E-state index is 0.116. The summed E-state index contributed by atoms with van der Waals surface area (Å²) in [6.45, 7) is 1.96. The molecule has 0 saturated carbocycles. The fourth-order valence-corrected chi connectivity index (χ4v) is 3.96. The molecule has 5 rings (SSSR count). The Balaban J connectivity index is 1.17. The van der Waals surface area contributed by atoms with Gasteiger partial charge in [-0.3, -0.25) is 9.48 Å². The van der Waals surface area contributed by atoms with E-state index in [0.717, 1.165) is 34.5 Å². The lowest BCUT2D eigenvalue weighted by Crippen LogP contribution is -2.32. The van der Waals surface area contributed by atoms with Crippen LogP contribution in [-0.2, 0) is 13.6 Å². The zero-order valence-corrected chi connectivity index (χ0v) is 19.0. The summed E-state index contributed by atoms with van der Waals surface area (Å²) in [5.74, 6) is 0.760. The number of nitrogens with zero attached hydrogens (tertiary/aromatic N) is 3. The predicted octanol–water partition coefficient (Wildman–Crippen LogP) is 4.15. The van der Waals surface area contributed by atoms with E-state index in [2.05, 4.69) is 74.2 Å². The van der Waals surface area contributed by atoms with Gasteiger partial charge in [0.15, 0.2) is 0 Å². The van der Waals surface area contributed by atoms with Gasteiger partial charge < -0.3 is 15.6 Å². The smallest absolute Gasteiger partial charge is 0.269 e. The Bertz CT molecular complexity index is 1380. The Labute approximate surface area is 197 Å². The zero-order chi connectivity index (χ0) is 23.3. The van der Waals surface area contributed by atoms with Gasteiger partial charge in [-0.2, -0.15) is 5.10 Å². The number of hydrogen-bond donors (Lipinski definition) is 3. The van der Waals surface area contributed by atoms with E-state index in [0.29, 0.717) is 18.8 Å². The number of rotatable bonds is 8. The second-order valence-corrected chi connectivity index (χ2v) is 8.15. The molecule has 0 fully saturated rings. The lowest BCUT2D eigenvalue weighted by Gasteiger charge is -2.09. The number of carbonyl (C=O) groups is 1. The molecule has 7 heteroatoms. The Morgan fingerprint density at radius 2 is 1.74 bits per heavy atom. The molecule has 0 unspecified atom stereocenters. The Morgan fingerprint density at radius 3 is 2.53 bits per heavy atom. The fourth-order valence-electron chi connectivity index (χ4n) is 3.96. The van der Waals surface area contributed by atoms with Gasteiger partial charge >= 0.3 is 0 Å². The van der Waals surface area contributed by atoms with E-state index < -0.39 is 0 Å². The molecule has 170 valence electrons. The first-order chi connectivity index (χ1) is 16.7. The van der Waals surface area contributed by atoms with Gasteiger partial charge in [0.2, 0.25) is 0 Å². The second-order valence-electron chi connectivity index (χ2n) is 8.15. The third-order valence-corrected chi connectivity index (χ3v) is 5.78. The number of aryl methyl sites for hydroxylation is 1. The van der Waals surface area contributed by atoms with E-state index in [9.17, 15) is 4.79 Å². The number of carbonyl (C=O) groups excluding carboxylic acids is 1. The van der Waals surface area contributed by atoms with E-state index in [1.165, 1.54) is 11.1 Å². The highest BCUT2D eigenvalue weighted by Gasteiger charge is 2.09. The maximum atomic E-state index is 12.1. The maximum Gasteiger partial charge on any atom is 0.269 e. The molecule has 1 amide bonds. The van der Waals surface area contributed by atoms with Gasteiger partial charge in [0.25, 0.3) is 5.91 Å². The van der Waals surface area contributed by atoms with Gasteiger partial charge in [-0.05, 0) is 41.0 Å². The van der Waals surface area contributed by atoms with Crippen LogP contribution in [0.5, 0.6) is 0 Å². The van der Waals surface area contributed by atoms with Crippen molar-refractivity contribution in [3.05, 3.63) is 96.3 Å². The number of para-hydroxylation sites is 2. The van der Waals surface area contributed by atoms with Crippen molar-refractivity contribution in [2.75, 3.05) is 13.1 Å². The minimum Gasteiger partial charge on any atom is -0.349 e. The summed E-state index contributed by atoms with van der Waals surface area (Å²) in [4.78, 5) is 20.2. The SMILES string of the molecule is Cn1nccc1C(=O)NCCNCc1cccc(-c2ccc(-c3nc4ccccc4[nH]3)cc2)c1. The summed E-state index contributed by atoms with van der Waals surface area (Å²) in [7, 11) is 1.76. The number of aromatic amines is 1. The van der Waals surface area contributed by atoms with E-state index in [1.54, 1.807) is 24.0 Å². The van der Waals surface area contributed by atoms with E-state index in [4.69, 9.17) is 0 Å². The van der Waals surface area contributed by atoms with Gasteiger partial charge in [-0.1, -0.05) is 54.6 Å². The minimum atomic E-state index is -0.116. The Morgan fingerprint density at radius 1 is 0.912 bits per heavy atom. The second kappa shape index (κ2) is 9.72. The summed E-state index contributed by atoms with van der Waals surface area (Å²) in [6.07, 6.45) is 1.62. The average Bonchev–Trinajstić information content (AvgIpc) is 3.50. The van der Waals surface area contributed by atoms with Crippen LogP contribution in [0.3, 0.4) is 0 Å². The van der Waals surface area contributed by atoms with Crippen molar-refractivity contribution in [1.82, 2.24) is 30.4 Å². The van der Waals surface area contributed by atoms with Gasteiger partial charge in [-0.25, -0.2) is 4.98 Å². The lowest BCUT2D eigenvalue weighted by molar-refractivity contribution is 0.0944. The molecule has 7 nitrogen and oxygen atoms in total. The topological polar surface area (TPSA) is 87.6 Å². The maximum absolute atomic E-state index is 12.1.